The summed E-state index contributed by atoms with van der Waals surface area (Å²) in [6.07, 6.45) is 11.5. The van der Waals surface area contributed by atoms with Crippen molar-refractivity contribution >= 4 is 0 Å². The summed E-state index contributed by atoms with van der Waals surface area (Å²) in [6.45, 7) is 5.71. The third kappa shape index (κ3) is 6.68. The molecular weight excluding hydrogens is 230 g/mol. The van der Waals surface area contributed by atoms with Crippen molar-refractivity contribution in [3.63, 3.8) is 0 Å². The first-order valence-electron chi connectivity index (χ1n) is 6.85. The number of unbranched alkanes of at least 4 members (excludes halogenated alkanes) is 4. The molecule has 0 N–H and O–H groups in total. The second-order valence-corrected chi connectivity index (χ2v) is 4.55. The molecule has 1 aromatic rings. The van der Waals surface area contributed by atoms with Crippen LogP contribution in [0.25, 0.3) is 0 Å². The number of hydrogen-bond donors (Lipinski definition) is 0. The lowest BCUT2D eigenvalue weighted by atomic mass is 10.1. The molecule has 0 amide bonds. The first kappa shape index (κ1) is 16.4. The molecular formula is C15H26ClN. The van der Waals surface area contributed by atoms with Crippen LogP contribution in [0.15, 0.2) is 24.4 Å². The van der Waals surface area contributed by atoms with Crippen molar-refractivity contribution in [3.05, 3.63) is 30.1 Å². The lowest BCUT2D eigenvalue weighted by Gasteiger charge is -2.02. The van der Waals surface area contributed by atoms with E-state index in [-0.39, 0.29) is 12.4 Å². The first-order chi connectivity index (χ1) is 7.88. The zero-order valence-electron chi connectivity index (χ0n) is 11.3. The Labute approximate surface area is 113 Å². The monoisotopic (exact) mass is 255 g/mol. The van der Waals surface area contributed by atoms with Gasteiger partial charge in [0.1, 0.15) is 6.54 Å². The van der Waals surface area contributed by atoms with E-state index in [1.807, 2.05) is 0 Å². The van der Waals surface area contributed by atoms with Crippen molar-refractivity contribution in [1.29, 1.82) is 0 Å². The second-order valence-electron chi connectivity index (χ2n) is 4.55. The molecule has 0 saturated heterocycles. The van der Waals surface area contributed by atoms with Crippen LogP contribution in [0, 0.1) is 0 Å². The van der Waals surface area contributed by atoms with Gasteiger partial charge in [-0.25, -0.2) is 4.57 Å². The van der Waals surface area contributed by atoms with Gasteiger partial charge >= 0.3 is 0 Å². The predicted molar refractivity (Wildman–Crippen MR) is 69.4 cm³/mol. The topological polar surface area (TPSA) is 3.88 Å². The molecule has 1 nitrogen and oxygen atoms in total. The lowest BCUT2D eigenvalue weighted by molar-refractivity contribution is -0.704. The van der Waals surface area contributed by atoms with Crippen molar-refractivity contribution in [2.45, 2.75) is 65.3 Å². The van der Waals surface area contributed by atoms with Crippen LogP contribution in [-0.2, 0) is 13.0 Å². The van der Waals surface area contributed by atoms with E-state index in [2.05, 4.69) is 42.8 Å². The van der Waals surface area contributed by atoms with E-state index >= 15 is 0 Å². The van der Waals surface area contributed by atoms with Crippen LogP contribution >= 0.6 is 0 Å². The number of pyridine rings is 1. The molecule has 0 fully saturated rings. The summed E-state index contributed by atoms with van der Waals surface area (Å²) in [7, 11) is 0. The quantitative estimate of drug-likeness (QED) is 0.480. The van der Waals surface area contributed by atoms with Gasteiger partial charge in [-0.05, 0) is 12.8 Å². The molecule has 17 heavy (non-hydrogen) atoms. The molecule has 98 valence electrons. The average Bonchev–Trinajstić information content (AvgIpc) is 2.31. The Kier molecular flexibility index (Phi) is 10.2. The fourth-order valence-electron chi connectivity index (χ4n) is 2.10. The summed E-state index contributed by atoms with van der Waals surface area (Å²) < 4.78 is 2.43. The molecule has 2 heteroatoms. The molecule has 0 spiro atoms. The van der Waals surface area contributed by atoms with Crippen LogP contribution in [-0.4, -0.2) is 0 Å². The molecule has 1 heterocycles. The van der Waals surface area contributed by atoms with Gasteiger partial charge in [-0.1, -0.05) is 39.2 Å². The molecule has 0 aromatic carbocycles. The maximum atomic E-state index is 2.43. The van der Waals surface area contributed by atoms with Crippen molar-refractivity contribution in [3.8, 4) is 0 Å². The van der Waals surface area contributed by atoms with Crippen LogP contribution in [0.2, 0.25) is 0 Å². The third-order valence-corrected chi connectivity index (χ3v) is 3.04. The minimum absolute atomic E-state index is 0. The number of aryl methyl sites for hydroxylation is 2. The normalized spacial score (nSPS) is 10.0. The molecule has 0 aliphatic carbocycles. The van der Waals surface area contributed by atoms with Crippen molar-refractivity contribution in [2.24, 2.45) is 0 Å². The fourth-order valence-corrected chi connectivity index (χ4v) is 2.10. The molecule has 1 rings (SSSR count). The van der Waals surface area contributed by atoms with Gasteiger partial charge in [-0.15, -0.1) is 0 Å². The Hall–Kier alpha value is -0.560. The number of nitrogens with zero attached hydrogens (tertiary/aromatic N) is 1. The SMILES string of the molecule is CCCCCCC[n+]1ccccc1CCC.[Cl-]. The largest absolute Gasteiger partial charge is 1.00 e. The highest BCUT2D eigenvalue weighted by atomic mass is 35.5. The number of hydrogen-bond acceptors (Lipinski definition) is 0. The predicted octanol–water partition coefficient (Wildman–Crippen LogP) is 0.901. The van der Waals surface area contributed by atoms with Gasteiger partial charge in [0.15, 0.2) is 11.9 Å². The highest BCUT2D eigenvalue weighted by Gasteiger charge is 2.07. The van der Waals surface area contributed by atoms with Crippen LogP contribution in [0.1, 0.15) is 58.1 Å². The Morgan fingerprint density at radius 1 is 0.941 bits per heavy atom. The van der Waals surface area contributed by atoms with E-state index in [1.54, 1.807) is 0 Å². The first-order valence-corrected chi connectivity index (χ1v) is 6.85. The molecule has 0 atom stereocenters. The molecule has 0 aliphatic heterocycles. The number of aromatic nitrogens is 1. The highest BCUT2D eigenvalue weighted by Crippen LogP contribution is 2.03. The number of halogens is 1. The molecule has 0 saturated carbocycles. The van der Waals surface area contributed by atoms with Crippen molar-refractivity contribution in [1.82, 2.24) is 0 Å². The number of rotatable bonds is 8. The van der Waals surface area contributed by atoms with Gasteiger partial charge < -0.3 is 12.4 Å². The summed E-state index contributed by atoms with van der Waals surface area (Å²) in [4.78, 5) is 0. The summed E-state index contributed by atoms with van der Waals surface area (Å²) in [6, 6.07) is 6.55. The van der Waals surface area contributed by atoms with Gasteiger partial charge in [-0.2, -0.15) is 0 Å². The van der Waals surface area contributed by atoms with Gasteiger partial charge in [0.25, 0.3) is 0 Å². The Morgan fingerprint density at radius 3 is 2.41 bits per heavy atom. The van der Waals surface area contributed by atoms with E-state index in [0.29, 0.717) is 0 Å². The zero-order valence-corrected chi connectivity index (χ0v) is 12.0. The minimum atomic E-state index is 0. The molecule has 0 unspecified atom stereocenters. The van der Waals surface area contributed by atoms with E-state index in [9.17, 15) is 0 Å². The summed E-state index contributed by atoms with van der Waals surface area (Å²) in [5.74, 6) is 0. The van der Waals surface area contributed by atoms with Gasteiger partial charge in [0, 0.05) is 25.0 Å². The molecule has 0 radical (unpaired) electrons. The maximum Gasteiger partial charge on any atom is 0.181 e. The highest BCUT2D eigenvalue weighted by molar-refractivity contribution is 4.97. The van der Waals surface area contributed by atoms with E-state index in [1.165, 1.54) is 57.2 Å². The van der Waals surface area contributed by atoms with Gasteiger partial charge in [0.05, 0.1) is 0 Å². The van der Waals surface area contributed by atoms with Crippen LogP contribution in [0.4, 0.5) is 0 Å². The van der Waals surface area contributed by atoms with Crippen molar-refractivity contribution in [2.75, 3.05) is 0 Å². The molecule has 0 aliphatic rings. The van der Waals surface area contributed by atoms with Crippen LogP contribution in [0.5, 0.6) is 0 Å². The maximum absolute atomic E-state index is 2.43. The van der Waals surface area contributed by atoms with Crippen molar-refractivity contribution < 1.29 is 17.0 Å². The van der Waals surface area contributed by atoms with E-state index in [4.69, 9.17) is 0 Å². The third-order valence-electron chi connectivity index (χ3n) is 3.04. The Bertz CT molecular complexity index is 286. The Morgan fingerprint density at radius 2 is 1.71 bits per heavy atom. The lowest BCUT2D eigenvalue weighted by Crippen LogP contribution is -3.00. The summed E-state index contributed by atoms with van der Waals surface area (Å²) >= 11 is 0. The minimum Gasteiger partial charge on any atom is -1.00 e. The average molecular weight is 256 g/mol. The van der Waals surface area contributed by atoms with E-state index in [0.717, 1.165) is 0 Å². The summed E-state index contributed by atoms with van der Waals surface area (Å²) in [5.41, 5.74) is 1.49. The smallest absolute Gasteiger partial charge is 0.181 e. The van der Waals surface area contributed by atoms with Crippen LogP contribution in [0.3, 0.4) is 0 Å². The molecule has 0 bridgehead atoms. The van der Waals surface area contributed by atoms with E-state index < -0.39 is 0 Å². The van der Waals surface area contributed by atoms with Gasteiger partial charge in [0.2, 0.25) is 0 Å². The standard InChI is InChI=1S/C15H26N.ClH/c1-3-5-6-7-9-13-16-14-10-8-12-15(16)11-4-2;/h8,10,12,14H,3-7,9,11,13H2,1-2H3;1H/q+1;/p-1. The van der Waals surface area contributed by atoms with Gasteiger partial charge in [-0.3, -0.25) is 0 Å². The second kappa shape index (κ2) is 10.6. The fraction of sp³-hybridized carbons (Fsp3) is 0.667. The molecule has 1 aromatic heterocycles. The zero-order chi connectivity index (χ0) is 11.6. The summed E-state index contributed by atoms with van der Waals surface area (Å²) in [5, 5.41) is 0. The van der Waals surface area contributed by atoms with Crippen LogP contribution < -0.4 is 17.0 Å². The Balaban J connectivity index is 0.00000256.